The van der Waals surface area contributed by atoms with Gasteiger partial charge in [-0.3, -0.25) is 15.1 Å². The van der Waals surface area contributed by atoms with Crippen LogP contribution in [0.15, 0.2) is 24.3 Å². The van der Waals surface area contributed by atoms with Crippen LogP contribution in [0.5, 0.6) is 0 Å². The molecule has 166 valence electrons. The van der Waals surface area contributed by atoms with Crippen molar-refractivity contribution in [2.24, 2.45) is 11.7 Å². The van der Waals surface area contributed by atoms with Crippen molar-refractivity contribution in [3.8, 4) is 0 Å². The van der Waals surface area contributed by atoms with E-state index >= 15 is 0 Å². The number of hydrazine groups is 1. The minimum absolute atomic E-state index is 0.0309. The van der Waals surface area contributed by atoms with Gasteiger partial charge in [0.05, 0.1) is 6.04 Å². The third kappa shape index (κ3) is 6.51. The molecule has 2 fully saturated rings. The predicted molar refractivity (Wildman–Crippen MR) is 120 cm³/mol. The molecule has 0 aromatic heterocycles. The topological polar surface area (TPSA) is 78.7 Å². The minimum atomic E-state index is -0.602. The Balaban J connectivity index is 1.53. The first-order chi connectivity index (χ1) is 14.5. The summed E-state index contributed by atoms with van der Waals surface area (Å²) >= 11 is 5.92. The van der Waals surface area contributed by atoms with E-state index < -0.39 is 6.04 Å². The third-order valence-corrected chi connectivity index (χ3v) is 6.63. The number of rotatable bonds is 9. The number of carbonyl (C=O) groups is 2. The zero-order valence-corrected chi connectivity index (χ0v) is 18.7. The van der Waals surface area contributed by atoms with Crippen LogP contribution in [-0.2, 0) is 16.0 Å². The standard InChI is InChI=1S/C23H35ClN4O2/c1-17(16-29)14-28(20-5-3-2-4-6-20)21-11-12-27(15-21)26-23(30)22(25)13-18-7-9-19(24)10-8-18/h7-10,16-17,20-22H,2-6,11-15,25H2,1H3,(H,26,30)/t17-,21+,22-/m1/s1. The molecule has 1 aliphatic carbocycles. The van der Waals surface area contributed by atoms with E-state index in [1.807, 2.05) is 36.2 Å². The van der Waals surface area contributed by atoms with Crippen LogP contribution in [0.3, 0.4) is 0 Å². The highest BCUT2D eigenvalue weighted by molar-refractivity contribution is 6.30. The van der Waals surface area contributed by atoms with Gasteiger partial charge in [0.25, 0.3) is 5.91 Å². The number of nitrogens with zero attached hydrogens (tertiary/aromatic N) is 2. The lowest BCUT2D eigenvalue weighted by atomic mass is 9.92. The van der Waals surface area contributed by atoms with Gasteiger partial charge < -0.3 is 10.5 Å². The van der Waals surface area contributed by atoms with Gasteiger partial charge in [0.1, 0.15) is 6.29 Å². The summed E-state index contributed by atoms with van der Waals surface area (Å²) in [7, 11) is 0. The molecule has 1 aliphatic heterocycles. The van der Waals surface area contributed by atoms with E-state index in [-0.39, 0.29) is 11.8 Å². The smallest absolute Gasteiger partial charge is 0.251 e. The third-order valence-electron chi connectivity index (χ3n) is 6.38. The van der Waals surface area contributed by atoms with Crippen LogP contribution < -0.4 is 11.2 Å². The maximum atomic E-state index is 12.6. The van der Waals surface area contributed by atoms with E-state index in [0.717, 1.165) is 37.9 Å². The fourth-order valence-electron chi connectivity index (χ4n) is 4.70. The van der Waals surface area contributed by atoms with Crippen LogP contribution in [0.2, 0.25) is 5.02 Å². The molecule has 1 aromatic rings. The molecule has 1 aromatic carbocycles. The van der Waals surface area contributed by atoms with E-state index in [9.17, 15) is 9.59 Å². The Kier molecular flexibility index (Phi) is 8.69. The maximum Gasteiger partial charge on any atom is 0.251 e. The number of nitrogens with one attached hydrogen (secondary N) is 1. The molecule has 3 N–H and O–H groups in total. The largest absolute Gasteiger partial charge is 0.320 e. The molecule has 0 radical (unpaired) electrons. The molecule has 1 saturated heterocycles. The van der Waals surface area contributed by atoms with Crippen molar-refractivity contribution in [3.63, 3.8) is 0 Å². The van der Waals surface area contributed by atoms with Crippen LogP contribution in [-0.4, -0.2) is 59.9 Å². The van der Waals surface area contributed by atoms with Crippen molar-refractivity contribution in [2.75, 3.05) is 19.6 Å². The average Bonchev–Trinajstić information content (AvgIpc) is 3.22. The van der Waals surface area contributed by atoms with Gasteiger partial charge in [-0.25, -0.2) is 5.01 Å². The summed E-state index contributed by atoms with van der Waals surface area (Å²) < 4.78 is 0. The van der Waals surface area contributed by atoms with Crippen LogP contribution in [0.4, 0.5) is 0 Å². The maximum absolute atomic E-state index is 12.6. The van der Waals surface area contributed by atoms with Gasteiger partial charge in [-0.2, -0.15) is 0 Å². The Morgan fingerprint density at radius 2 is 1.93 bits per heavy atom. The molecule has 0 spiro atoms. The van der Waals surface area contributed by atoms with Crippen molar-refractivity contribution >= 4 is 23.8 Å². The molecule has 0 bridgehead atoms. The zero-order chi connectivity index (χ0) is 21.5. The molecule has 6 nitrogen and oxygen atoms in total. The molecule has 30 heavy (non-hydrogen) atoms. The second-order valence-electron chi connectivity index (χ2n) is 8.90. The first kappa shape index (κ1) is 23.2. The zero-order valence-electron chi connectivity index (χ0n) is 17.9. The molecule has 1 amide bonds. The second kappa shape index (κ2) is 11.2. The first-order valence-electron chi connectivity index (χ1n) is 11.2. The van der Waals surface area contributed by atoms with Crippen molar-refractivity contribution in [1.29, 1.82) is 0 Å². The van der Waals surface area contributed by atoms with Crippen LogP contribution >= 0.6 is 11.6 Å². The molecule has 1 saturated carbocycles. The minimum Gasteiger partial charge on any atom is -0.320 e. The fraction of sp³-hybridized carbons (Fsp3) is 0.652. The van der Waals surface area contributed by atoms with Gasteiger partial charge in [-0.1, -0.05) is 49.9 Å². The highest BCUT2D eigenvalue weighted by Crippen LogP contribution is 2.27. The van der Waals surface area contributed by atoms with Gasteiger partial charge in [0.2, 0.25) is 0 Å². The van der Waals surface area contributed by atoms with Crippen LogP contribution in [0, 0.1) is 5.92 Å². The molecule has 2 aliphatic rings. The van der Waals surface area contributed by atoms with Gasteiger partial charge in [-0.15, -0.1) is 0 Å². The van der Waals surface area contributed by atoms with Crippen molar-refractivity contribution < 1.29 is 9.59 Å². The van der Waals surface area contributed by atoms with E-state index in [4.69, 9.17) is 17.3 Å². The summed E-state index contributed by atoms with van der Waals surface area (Å²) in [6.07, 6.45) is 8.79. The highest BCUT2D eigenvalue weighted by Gasteiger charge is 2.34. The molecule has 3 atom stereocenters. The van der Waals surface area contributed by atoms with Crippen LogP contribution in [0.1, 0.15) is 51.0 Å². The van der Waals surface area contributed by atoms with E-state index in [2.05, 4.69) is 10.3 Å². The van der Waals surface area contributed by atoms with E-state index in [0.29, 0.717) is 23.5 Å². The summed E-state index contributed by atoms with van der Waals surface area (Å²) in [6.45, 7) is 4.38. The summed E-state index contributed by atoms with van der Waals surface area (Å²) in [6, 6.07) is 7.74. The monoisotopic (exact) mass is 434 g/mol. The SMILES string of the molecule is C[C@@H](C=O)CN(C1CCCCC1)[C@H]1CCN(NC(=O)[C@H](N)Cc2ccc(Cl)cc2)C1. The fourth-order valence-corrected chi connectivity index (χ4v) is 4.83. The number of benzene rings is 1. The Labute approximate surface area is 185 Å². The summed E-state index contributed by atoms with van der Waals surface area (Å²) in [5.74, 6) is -0.126. The summed E-state index contributed by atoms with van der Waals surface area (Å²) in [4.78, 5) is 26.4. The average molecular weight is 435 g/mol. The van der Waals surface area contributed by atoms with Gasteiger partial charge in [0.15, 0.2) is 0 Å². The highest BCUT2D eigenvalue weighted by atomic mass is 35.5. The summed E-state index contributed by atoms with van der Waals surface area (Å²) in [5, 5.41) is 2.67. The summed E-state index contributed by atoms with van der Waals surface area (Å²) in [5.41, 5.74) is 10.1. The van der Waals surface area contributed by atoms with Crippen molar-refractivity contribution in [3.05, 3.63) is 34.9 Å². The quantitative estimate of drug-likeness (QED) is 0.584. The van der Waals surface area contributed by atoms with Crippen molar-refractivity contribution in [2.45, 2.75) is 70.0 Å². The number of nitrogens with two attached hydrogens (primary N) is 1. The Hall–Kier alpha value is -1.47. The number of hydrogen-bond acceptors (Lipinski definition) is 5. The number of amides is 1. The second-order valence-corrected chi connectivity index (χ2v) is 9.34. The Morgan fingerprint density at radius 1 is 1.23 bits per heavy atom. The molecular formula is C23H35ClN4O2. The molecular weight excluding hydrogens is 400 g/mol. The van der Waals surface area contributed by atoms with Crippen molar-refractivity contribution in [1.82, 2.24) is 15.3 Å². The Bertz CT molecular complexity index is 693. The van der Waals surface area contributed by atoms with Gasteiger partial charge in [0, 0.05) is 42.7 Å². The molecule has 7 heteroatoms. The van der Waals surface area contributed by atoms with Gasteiger partial charge >= 0.3 is 0 Å². The van der Waals surface area contributed by atoms with E-state index in [1.165, 1.54) is 32.1 Å². The van der Waals surface area contributed by atoms with Gasteiger partial charge in [-0.05, 0) is 43.4 Å². The number of carbonyl (C=O) groups excluding carboxylic acids is 2. The molecule has 0 unspecified atom stereocenters. The lowest BCUT2D eigenvalue weighted by molar-refractivity contribution is -0.126. The van der Waals surface area contributed by atoms with Crippen LogP contribution in [0.25, 0.3) is 0 Å². The normalized spacial score (nSPS) is 22.7. The molecule has 1 heterocycles. The first-order valence-corrected chi connectivity index (χ1v) is 11.6. The lowest BCUT2D eigenvalue weighted by Crippen LogP contribution is -2.52. The number of halogens is 1. The lowest BCUT2D eigenvalue weighted by Gasteiger charge is -2.39. The van der Waals surface area contributed by atoms with E-state index in [1.54, 1.807) is 0 Å². The Morgan fingerprint density at radius 3 is 2.60 bits per heavy atom. The number of hydrogen-bond donors (Lipinski definition) is 2. The predicted octanol–water partition coefficient (Wildman–Crippen LogP) is 2.79. The number of aldehydes is 1. The molecule has 3 rings (SSSR count).